The van der Waals surface area contributed by atoms with Crippen LogP contribution in [-0.2, 0) is 4.79 Å². The smallest absolute Gasteiger partial charge is 0.253 e. The number of amides is 2. The average molecular weight is 331 g/mol. The number of nitrogens with zero attached hydrogens (tertiary/aromatic N) is 1. The fourth-order valence-corrected chi connectivity index (χ4v) is 3.13. The van der Waals surface area contributed by atoms with E-state index in [1.54, 1.807) is 4.90 Å². The van der Waals surface area contributed by atoms with E-state index in [1.807, 2.05) is 38.1 Å². The first-order valence-electron chi connectivity index (χ1n) is 9.06. The first-order chi connectivity index (χ1) is 11.6. The minimum atomic E-state index is 0.0326. The zero-order valence-electron chi connectivity index (χ0n) is 14.8. The summed E-state index contributed by atoms with van der Waals surface area (Å²) in [6.45, 7) is 5.62. The number of nitrogens with one attached hydrogen (secondary N) is 2. The summed E-state index contributed by atoms with van der Waals surface area (Å²) in [5.41, 5.74) is 1.53. The van der Waals surface area contributed by atoms with Gasteiger partial charge in [-0.25, -0.2) is 0 Å². The Labute approximate surface area is 144 Å². The van der Waals surface area contributed by atoms with Crippen LogP contribution in [0.5, 0.6) is 0 Å². The molecule has 132 valence electrons. The monoisotopic (exact) mass is 331 g/mol. The van der Waals surface area contributed by atoms with Crippen LogP contribution < -0.4 is 10.6 Å². The van der Waals surface area contributed by atoms with Gasteiger partial charge in [0.2, 0.25) is 5.91 Å². The summed E-state index contributed by atoms with van der Waals surface area (Å²) in [6.07, 6.45) is 5.88. The van der Waals surface area contributed by atoms with E-state index in [1.165, 1.54) is 19.3 Å². The second-order valence-corrected chi connectivity index (χ2v) is 6.31. The van der Waals surface area contributed by atoms with Crippen molar-refractivity contribution in [1.29, 1.82) is 0 Å². The fraction of sp³-hybridized carbons (Fsp3) is 0.579. The molecule has 0 aromatic heterocycles. The molecule has 2 amide bonds. The van der Waals surface area contributed by atoms with E-state index in [0.717, 1.165) is 18.5 Å². The molecule has 0 saturated heterocycles. The van der Waals surface area contributed by atoms with Crippen molar-refractivity contribution in [2.24, 2.45) is 0 Å². The molecular weight excluding hydrogens is 302 g/mol. The van der Waals surface area contributed by atoms with E-state index in [-0.39, 0.29) is 18.4 Å². The van der Waals surface area contributed by atoms with Crippen LogP contribution in [0.25, 0.3) is 0 Å². The first kappa shape index (κ1) is 18.3. The number of hydrogen-bond donors (Lipinski definition) is 2. The maximum absolute atomic E-state index is 12.2. The fourth-order valence-electron chi connectivity index (χ4n) is 3.13. The number of carbonyl (C=O) groups excluding carboxylic acids is 2. The zero-order valence-corrected chi connectivity index (χ0v) is 14.8. The summed E-state index contributed by atoms with van der Waals surface area (Å²) in [7, 11) is 0. The van der Waals surface area contributed by atoms with E-state index in [2.05, 4.69) is 10.6 Å². The van der Waals surface area contributed by atoms with Gasteiger partial charge in [-0.1, -0.05) is 19.3 Å². The van der Waals surface area contributed by atoms with Gasteiger partial charge in [0, 0.05) is 30.4 Å². The molecule has 0 radical (unpaired) electrons. The van der Waals surface area contributed by atoms with Gasteiger partial charge in [0.1, 0.15) is 0 Å². The molecule has 0 aliphatic heterocycles. The summed E-state index contributed by atoms with van der Waals surface area (Å²) in [5.74, 6) is 0.0757. The van der Waals surface area contributed by atoms with Crippen molar-refractivity contribution in [1.82, 2.24) is 10.2 Å². The minimum absolute atomic E-state index is 0.0326. The average Bonchev–Trinajstić information content (AvgIpc) is 2.62. The van der Waals surface area contributed by atoms with E-state index in [9.17, 15) is 9.59 Å². The lowest BCUT2D eigenvalue weighted by Crippen LogP contribution is -2.39. The van der Waals surface area contributed by atoms with Crippen LogP contribution in [0.1, 0.15) is 56.3 Å². The normalized spacial score (nSPS) is 14.9. The lowest BCUT2D eigenvalue weighted by atomic mass is 9.95. The van der Waals surface area contributed by atoms with Crippen LogP contribution in [-0.4, -0.2) is 42.4 Å². The maximum Gasteiger partial charge on any atom is 0.253 e. The Morgan fingerprint density at radius 2 is 1.67 bits per heavy atom. The largest absolute Gasteiger partial charge is 0.376 e. The van der Waals surface area contributed by atoms with Crippen LogP contribution in [0.3, 0.4) is 0 Å². The molecule has 1 aromatic carbocycles. The highest BCUT2D eigenvalue weighted by molar-refractivity contribution is 5.94. The Hall–Kier alpha value is -2.04. The molecule has 1 fully saturated rings. The predicted molar refractivity (Wildman–Crippen MR) is 97.2 cm³/mol. The van der Waals surface area contributed by atoms with Gasteiger partial charge in [0.15, 0.2) is 0 Å². The van der Waals surface area contributed by atoms with E-state index < -0.39 is 0 Å². The molecule has 0 bridgehead atoms. The lowest BCUT2D eigenvalue weighted by molar-refractivity contribution is -0.120. The molecule has 0 spiro atoms. The van der Waals surface area contributed by atoms with Crippen molar-refractivity contribution in [2.75, 3.05) is 25.0 Å². The molecule has 1 aliphatic carbocycles. The highest BCUT2D eigenvalue weighted by Gasteiger charge is 2.15. The number of benzene rings is 1. The van der Waals surface area contributed by atoms with Crippen LogP contribution in [0.4, 0.5) is 5.69 Å². The van der Waals surface area contributed by atoms with Gasteiger partial charge in [-0.2, -0.15) is 0 Å². The molecule has 0 heterocycles. The van der Waals surface area contributed by atoms with Gasteiger partial charge >= 0.3 is 0 Å². The Balaban J connectivity index is 1.80. The Kier molecular flexibility index (Phi) is 7.09. The third-order valence-electron chi connectivity index (χ3n) is 4.61. The second kappa shape index (κ2) is 9.30. The third-order valence-corrected chi connectivity index (χ3v) is 4.61. The van der Waals surface area contributed by atoms with Gasteiger partial charge in [0.25, 0.3) is 5.91 Å². The highest BCUT2D eigenvalue weighted by Crippen LogP contribution is 2.17. The van der Waals surface area contributed by atoms with Crippen molar-refractivity contribution in [3.8, 4) is 0 Å². The van der Waals surface area contributed by atoms with Gasteiger partial charge in [0.05, 0.1) is 6.54 Å². The van der Waals surface area contributed by atoms with Crippen molar-refractivity contribution in [2.45, 2.75) is 52.0 Å². The number of carbonyl (C=O) groups is 2. The summed E-state index contributed by atoms with van der Waals surface area (Å²) in [5, 5.41) is 6.21. The van der Waals surface area contributed by atoms with Crippen LogP contribution in [0.2, 0.25) is 0 Å². The summed E-state index contributed by atoms with van der Waals surface area (Å²) < 4.78 is 0. The molecule has 0 unspecified atom stereocenters. The molecule has 24 heavy (non-hydrogen) atoms. The third kappa shape index (κ3) is 5.25. The summed E-state index contributed by atoms with van der Waals surface area (Å²) in [4.78, 5) is 26.0. The molecule has 0 atom stereocenters. The SMILES string of the molecule is CCN(CC)C(=O)c1ccc(NCC(=O)NC2CCCCC2)cc1. The Bertz CT molecular complexity index is 532. The van der Waals surface area contributed by atoms with Gasteiger partial charge in [-0.3, -0.25) is 9.59 Å². The van der Waals surface area contributed by atoms with E-state index in [4.69, 9.17) is 0 Å². The molecule has 5 heteroatoms. The topological polar surface area (TPSA) is 61.4 Å². The van der Waals surface area contributed by atoms with Crippen molar-refractivity contribution < 1.29 is 9.59 Å². The lowest BCUT2D eigenvalue weighted by Gasteiger charge is -2.23. The van der Waals surface area contributed by atoms with Crippen molar-refractivity contribution >= 4 is 17.5 Å². The second-order valence-electron chi connectivity index (χ2n) is 6.31. The maximum atomic E-state index is 12.2. The van der Waals surface area contributed by atoms with Gasteiger partial charge in [-0.15, -0.1) is 0 Å². The Morgan fingerprint density at radius 1 is 1.04 bits per heavy atom. The predicted octanol–water partition coefficient (Wildman–Crippen LogP) is 3.03. The molecule has 1 saturated carbocycles. The molecular formula is C19H29N3O2. The molecule has 2 rings (SSSR count). The Morgan fingerprint density at radius 3 is 2.25 bits per heavy atom. The van der Waals surface area contributed by atoms with E-state index >= 15 is 0 Å². The molecule has 1 aliphatic rings. The number of rotatable bonds is 7. The molecule has 5 nitrogen and oxygen atoms in total. The van der Waals surface area contributed by atoms with Crippen LogP contribution >= 0.6 is 0 Å². The van der Waals surface area contributed by atoms with Crippen LogP contribution in [0.15, 0.2) is 24.3 Å². The van der Waals surface area contributed by atoms with Crippen molar-refractivity contribution in [3.63, 3.8) is 0 Å². The zero-order chi connectivity index (χ0) is 17.4. The number of anilines is 1. The molecule has 2 N–H and O–H groups in total. The summed E-state index contributed by atoms with van der Waals surface area (Å²) >= 11 is 0. The van der Waals surface area contributed by atoms with Gasteiger partial charge < -0.3 is 15.5 Å². The first-order valence-corrected chi connectivity index (χ1v) is 9.06. The highest BCUT2D eigenvalue weighted by atomic mass is 16.2. The van der Waals surface area contributed by atoms with E-state index in [0.29, 0.717) is 24.7 Å². The summed E-state index contributed by atoms with van der Waals surface area (Å²) in [6, 6.07) is 7.65. The van der Waals surface area contributed by atoms with Crippen molar-refractivity contribution in [3.05, 3.63) is 29.8 Å². The standard InChI is InChI=1S/C19H29N3O2/c1-3-22(4-2)19(24)15-10-12-16(13-11-15)20-14-18(23)21-17-8-6-5-7-9-17/h10-13,17,20H,3-9,14H2,1-2H3,(H,21,23). The number of hydrogen-bond acceptors (Lipinski definition) is 3. The quantitative estimate of drug-likeness (QED) is 0.807. The molecule has 1 aromatic rings. The van der Waals surface area contributed by atoms with Gasteiger partial charge in [-0.05, 0) is 51.0 Å². The van der Waals surface area contributed by atoms with Crippen LogP contribution in [0, 0.1) is 0 Å². The minimum Gasteiger partial charge on any atom is -0.376 e.